The molecule has 0 saturated carbocycles. The largest absolute Gasteiger partial charge is 0.361 e. The summed E-state index contributed by atoms with van der Waals surface area (Å²) in [6.45, 7) is 16.5. The summed E-state index contributed by atoms with van der Waals surface area (Å²) in [5.74, 6) is 1.50. The predicted octanol–water partition coefficient (Wildman–Crippen LogP) is 6.13. The molecule has 0 amide bonds. The molecule has 0 aliphatic carbocycles. The van der Waals surface area contributed by atoms with E-state index in [4.69, 9.17) is 4.52 Å². The maximum atomic E-state index is 11.3. The molecule has 1 atom stereocenters. The summed E-state index contributed by atoms with van der Waals surface area (Å²) < 4.78 is 5.45. The average molecular weight is 368 g/mol. The van der Waals surface area contributed by atoms with Gasteiger partial charge in [-0.05, 0) is 69.4 Å². The minimum Gasteiger partial charge on any atom is -0.361 e. The molecule has 3 heteroatoms. The number of aryl methyl sites for hydroxylation is 3. The van der Waals surface area contributed by atoms with Gasteiger partial charge in [-0.2, -0.15) is 0 Å². The van der Waals surface area contributed by atoms with Gasteiger partial charge in [0.15, 0.2) is 0 Å². The monoisotopic (exact) mass is 367 g/mol. The molecule has 0 N–H and O–H groups in total. The van der Waals surface area contributed by atoms with E-state index in [0.717, 1.165) is 36.3 Å². The van der Waals surface area contributed by atoms with Gasteiger partial charge in [0.25, 0.3) is 0 Å². The van der Waals surface area contributed by atoms with Crippen LogP contribution in [0.25, 0.3) is 0 Å². The molecule has 0 aliphatic heterocycles. The fraction of sp³-hybridized carbons (Fsp3) is 0.500. The molecule has 0 aliphatic rings. The topological polar surface area (TPSA) is 43.1 Å². The summed E-state index contributed by atoms with van der Waals surface area (Å²) in [4.78, 5) is 11.3. The fourth-order valence-electron chi connectivity index (χ4n) is 3.66. The van der Waals surface area contributed by atoms with Crippen LogP contribution in [0.1, 0.15) is 74.6 Å². The molecule has 0 saturated heterocycles. The summed E-state index contributed by atoms with van der Waals surface area (Å²) in [6, 6.07) is 8.43. The molecule has 27 heavy (non-hydrogen) atoms. The van der Waals surface area contributed by atoms with E-state index in [0.29, 0.717) is 12.3 Å². The van der Waals surface area contributed by atoms with Crippen molar-refractivity contribution in [3.8, 4) is 0 Å². The summed E-state index contributed by atoms with van der Waals surface area (Å²) in [5, 5.41) is 4.18. The Bertz CT molecular complexity index is 777. The highest BCUT2D eigenvalue weighted by Crippen LogP contribution is 2.40. The van der Waals surface area contributed by atoms with Gasteiger partial charge in [0.2, 0.25) is 0 Å². The van der Waals surface area contributed by atoms with Crippen molar-refractivity contribution in [3.63, 3.8) is 0 Å². The van der Waals surface area contributed by atoms with Crippen molar-refractivity contribution >= 4 is 5.78 Å². The number of aromatic nitrogens is 1. The lowest BCUT2D eigenvalue weighted by Gasteiger charge is -2.30. The zero-order chi connectivity index (χ0) is 20.2. The van der Waals surface area contributed by atoms with Crippen LogP contribution in [0.2, 0.25) is 0 Å². The van der Waals surface area contributed by atoms with E-state index >= 15 is 0 Å². The van der Waals surface area contributed by atoms with Crippen LogP contribution < -0.4 is 0 Å². The van der Waals surface area contributed by atoms with Gasteiger partial charge >= 0.3 is 0 Å². The second-order valence-electron chi connectivity index (χ2n) is 8.54. The van der Waals surface area contributed by atoms with Crippen molar-refractivity contribution in [1.82, 2.24) is 5.16 Å². The molecule has 0 radical (unpaired) electrons. The zero-order valence-corrected chi connectivity index (χ0v) is 17.7. The van der Waals surface area contributed by atoms with Crippen LogP contribution in [-0.2, 0) is 17.6 Å². The highest BCUT2D eigenvalue weighted by Gasteiger charge is 2.28. The normalized spacial score (nSPS) is 12.8. The molecule has 2 rings (SSSR count). The van der Waals surface area contributed by atoms with Gasteiger partial charge < -0.3 is 4.52 Å². The first kappa shape index (κ1) is 21.1. The summed E-state index contributed by atoms with van der Waals surface area (Å²) in [6.07, 6.45) is 3.55. The number of Topliss-reactive ketones (excluding diaryl/α,β-unsaturated/α-hetero) is 1. The molecular formula is C24H33NO2. The molecule has 0 fully saturated rings. The average Bonchev–Trinajstić information content (AvgIpc) is 2.91. The highest BCUT2D eigenvalue weighted by atomic mass is 16.5. The third-order valence-electron chi connectivity index (χ3n) is 5.67. The molecule has 1 heterocycles. The van der Waals surface area contributed by atoms with Crippen LogP contribution in [0.3, 0.4) is 0 Å². The summed E-state index contributed by atoms with van der Waals surface area (Å²) >= 11 is 0. The predicted molar refractivity (Wildman–Crippen MR) is 111 cm³/mol. The molecule has 0 spiro atoms. The Morgan fingerprint density at radius 1 is 1.15 bits per heavy atom. The van der Waals surface area contributed by atoms with Crippen LogP contribution in [0.15, 0.2) is 40.9 Å². The molecule has 1 aromatic heterocycles. The van der Waals surface area contributed by atoms with Crippen molar-refractivity contribution in [1.29, 1.82) is 0 Å². The van der Waals surface area contributed by atoms with Gasteiger partial charge in [-0.1, -0.05) is 55.4 Å². The van der Waals surface area contributed by atoms with Gasteiger partial charge in [-0.25, -0.2) is 0 Å². The second kappa shape index (κ2) is 8.69. The number of benzene rings is 1. The standard InChI is InChI=1S/C24H33NO2/c1-16(2)24(6,7)15-22(23-18(4)25-27-19(23)5)13-12-20-8-10-21(11-9-20)14-17(3)26/h8-11,22H,1,12-15H2,2-7H3. The van der Waals surface area contributed by atoms with E-state index in [1.165, 1.54) is 16.7 Å². The first-order valence-electron chi connectivity index (χ1n) is 9.76. The van der Waals surface area contributed by atoms with Gasteiger partial charge in [0, 0.05) is 12.0 Å². The van der Waals surface area contributed by atoms with E-state index in [-0.39, 0.29) is 11.2 Å². The van der Waals surface area contributed by atoms with Crippen molar-refractivity contribution in [3.05, 3.63) is 64.6 Å². The summed E-state index contributed by atoms with van der Waals surface area (Å²) in [7, 11) is 0. The van der Waals surface area contributed by atoms with Crippen LogP contribution >= 0.6 is 0 Å². The Hall–Kier alpha value is -2.16. The third kappa shape index (κ3) is 5.66. The number of carbonyl (C=O) groups is 1. The molecule has 0 bridgehead atoms. The van der Waals surface area contributed by atoms with Crippen LogP contribution in [0.4, 0.5) is 0 Å². The van der Waals surface area contributed by atoms with E-state index in [1.54, 1.807) is 6.92 Å². The van der Waals surface area contributed by atoms with Gasteiger partial charge in [0.1, 0.15) is 11.5 Å². The Kier molecular flexibility index (Phi) is 6.80. The van der Waals surface area contributed by atoms with E-state index in [1.807, 2.05) is 13.8 Å². The number of ketones is 1. The van der Waals surface area contributed by atoms with Crippen LogP contribution in [0, 0.1) is 19.3 Å². The fourth-order valence-corrected chi connectivity index (χ4v) is 3.66. The number of rotatable bonds is 9. The van der Waals surface area contributed by atoms with Gasteiger partial charge in [0.05, 0.1) is 5.69 Å². The minimum absolute atomic E-state index is 0.0617. The van der Waals surface area contributed by atoms with Crippen LogP contribution in [-0.4, -0.2) is 10.9 Å². The quantitative estimate of drug-likeness (QED) is 0.501. The van der Waals surface area contributed by atoms with Crippen molar-refractivity contribution in [2.24, 2.45) is 5.41 Å². The minimum atomic E-state index is 0.0617. The van der Waals surface area contributed by atoms with Gasteiger partial charge in [-0.15, -0.1) is 0 Å². The molecule has 2 aromatic rings. The molecule has 1 unspecified atom stereocenters. The smallest absolute Gasteiger partial charge is 0.137 e. The van der Waals surface area contributed by atoms with Crippen molar-refractivity contribution in [2.45, 2.75) is 73.1 Å². The Labute approximate surface area is 163 Å². The first-order valence-corrected chi connectivity index (χ1v) is 9.76. The lowest BCUT2D eigenvalue weighted by molar-refractivity contribution is -0.116. The lowest BCUT2D eigenvalue weighted by Crippen LogP contribution is -2.18. The number of allylic oxidation sites excluding steroid dienone is 1. The van der Waals surface area contributed by atoms with Crippen molar-refractivity contribution in [2.75, 3.05) is 0 Å². The van der Waals surface area contributed by atoms with Crippen molar-refractivity contribution < 1.29 is 9.32 Å². The maximum Gasteiger partial charge on any atom is 0.137 e. The van der Waals surface area contributed by atoms with Crippen LogP contribution in [0.5, 0.6) is 0 Å². The number of nitrogens with zero attached hydrogens (tertiary/aromatic N) is 1. The molecule has 146 valence electrons. The SMILES string of the molecule is C=C(C)C(C)(C)CC(CCc1ccc(CC(C)=O)cc1)c1c(C)noc1C. The first-order chi connectivity index (χ1) is 12.6. The summed E-state index contributed by atoms with van der Waals surface area (Å²) in [5.41, 5.74) is 5.88. The van der Waals surface area contributed by atoms with Gasteiger partial charge in [-0.3, -0.25) is 4.79 Å². The number of carbonyl (C=O) groups excluding carboxylic acids is 1. The maximum absolute atomic E-state index is 11.3. The molecule has 3 nitrogen and oxygen atoms in total. The Morgan fingerprint density at radius 3 is 2.22 bits per heavy atom. The Balaban J connectivity index is 2.17. The third-order valence-corrected chi connectivity index (χ3v) is 5.67. The number of hydrogen-bond acceptors (Lipinski definition) is 3. The zero-order valence-electron chi connectivity index (χ0n) is 17.7. The highest BCUT2D eigenvalue weighted by molar-refractivity contribution is 5.78. The molecule has 1 aromatic carbocycles. The second-order valence-corrected chi connectivity index (χ2v) is 8.54. The lowest BCUT2D eigenvalue weighted by atomic mass is 9.74. The van der Waals surface area contributed by atoms with E-state index in [2.05, 4.69) is 56.8 Å². The number of hydrogen-bond donors (Lipinski definition) is 0. The van der Waals surface area contributed by atoms with E-state index < -0.39 is 0 Å². The molecular weight excluding hydrogens is 334 g/mol. The van der Waals surface area contributed by atoms with E-state index in [9.17, 15) is 4.79 Å². The Morgan fingerprint density at radius 2 is 1.74 bits per heavy atom.